The van der Waals surface area contributed by atoms with Crippen molar-refractivity contribution in [3.63, 3.8) is 0 Å². The first kappa shape index (κ1) is 14.6. The van der Waals surface area contributed by atoms with E-state index in [0.29, 0.717) is 19.0 Å². The van der Waals surface area contributed by atoms with Gasteiger partial charge in [0.05, 0.1) is 23.7 Å². The fourth-order valence-electron chi connectivity index (χ4n) is 2.39. The molecule has 2 unspecified atom stereocenters. The third-order valence-corrected chi connectivity index (χ3v) is 3.27. The van der Waals surface area contributed by atoms with Crippen LogP contribution in [0.3, 0.4) is 0 Å². The lowest BCUT2D eigenvalue weighted by Gasteiger charge is -2.28. The third-order valence-electron chi connectivity index (χ3n) is 3.27. The van der Waals surface area contributed by atoms with Gasteiger partial charge in [-0.1, -0.05) is 0 Å². The Bertz CT molecular complexity index is 478. The van der Waals surface area contributed by atoms with E-state index in [9.17, 15) is 10.1 Å². The largest absolute Gasteiger partial charge is 0.494 e. The molecule has 1 aromatic carbocycles. The van der Waals surface area contributed by atoms with Crippen LogP contribution in [0.2, 0.25) is 0 Å². The van der Waals surface area contributed by atoms with E-state index in [1.165, 1.54) is 6.07 Å². The van der Waals surface area contributed by atoms with Gasteiger partial charge < -0.3 is 14.8 Å². The summed E-state index contributed by atoms with van der Waals surface area (Å²) in [4.78, 5) is 10.6. The second kappa shape index (κ2) is 6.56. The molecule has 1 heterocycles. The van der Waals surface area contributed by atoms with E-state index >= 15 is 0 Å². The molecule has 2 atom stereocenters. The molecule has 1 aliphatic heterocycles. The fourth-order valence-corrected chi connectivity index (χ4v) is 2.39. The zero-order valence-electron chi connectivity index (χ0n) is 11.8. The van der Waals surface area contributed by atoms with Gasteiger partial charge in [-0.25, -0.2) is 0 Å². The van der Waals surface area contributed by atoms with E-state index in [4.69, 9.17) is 9.47 Å². The number of hydrogen-bond donors (Lipinski definition) is 1. The summed E-state index contributed by atoms with van der Waals surface area (Å²) in [6.45, 7) is 5.08. The Morgan fingerprint density at radius 3 is 2.95 bits per heavy atom. The zero-order chi connectivity index (χ0) is 14.5. The van der Waals surface area contributed by atoms with Crippen molar-refractivity contribution in [1.82, 2.24) is 0 Å². The monoisotopic (exact) mass is 280 g/mol. The first-order valence-corrected chi connectivity index (χ1v) is 6.89. The van der Waals surface area contributed by atoms with E-state index in [0.717, 1.165) is 18.5 Å². The molecule has 0 aliphatic carbocycles. The highest BCUT2D eigenvalue weighted by atomic mass is 16.6. The van der Waals surface area contributed by atoms with Gasteiger partial charge in [-0.3, -0.25) is 10.1 Å². The maximum atomic E-state index is 11.0. The molecular formula is C14H20N2O4. The number of nitrogens with zero attached hydrogens (tertiary/aromatic N) is 1. The van der Waals surface area contributed by atoms with Crippen molar-refractivity contribution in [2.75, 3.05) is 18.5 Å². The lowest BCUT2D eigenvalue weighted by molar-refractivity contribution is -0.384. The maximum Gasteiger partial charge on any atom is 0.275 e. The van der Waals surface area contributed by atoms with Crippen LogP contribution >= 0.6 is 0 Å². The summed E-state index contributed by atoms with van der Waals surface area (Å²) in [5.41, 5.74) is 0.764. The molecule has 1 fully saturated rings. The van der Waals surface area contributed by atoms with Gasteiger partial charge in [-0.15, -0.1) is 0 Å². The lowest BCUT2D eigenvalue weighted by atomic mass is 10.0. The van der Waals surface area contributed by atoms with Gasteiger partial charge in [-0.2, -0.15) is 0 Å². The molecule has 0 aromatic heterocycles. The summed E-state index contributed by atoms with van der Waals surface area (Å²) in [6.07, 6.45) is 2.01. The Kier molecular flexibility index (Phi) is 4.79. The first-order chi connectivity index (χ1) is 9.58. The van der Waals surface area contributed by atoms with Crippen LogP contribution in [0.25, 0.3) is 0 Å². The van der Waals surface area contributed by atoms with Gasteiger partial charge in [0.15, 0.2) is 0 Å². The van der Waals surface area contributed by atoms with E-state index in [-0.39, 0.29) is 17.8 Å². The summed E-state index contributed by atoms with van der Waals surface area (Å²) >= 11 is 0. The van der Waals surface area contributed by atoms with Crippen LogP contribution in [0.1, 0.15) is 26.7 Å². The third kappa shape index (κ3) is 3.84. The molecule has 1 aliphatic rings. The van der Waals surface area contributed by atoms with Crippen LogP contribution in [-0.2, 0) is 4.74 Å². The predicted octanol–water partition coefficient (Wildman–Crippen LogP) is 2.97. The van der Waals surface area contributed by atoms with Crippen molar-refractivity contribution in [1.29, 1.82) is 0 Å². The summed E-state index contributed by atoms with van der Waals surface area (Å²) in [6, 6.07) is 5.07. The van der Waals surface area contributed by atoms with E-state index in [1.54, 1.807) is 12.1 Å². The number of nitro groups is 1. The van der Waals surface area contributed by atoms with Gasteiger partial charge in [0.1, 0.15) is 5.75 Å². The zero-order valence-corrected chi connectivity index (χ0v) is 11.8. The molecule has 0 bridgehead atoms. The summed E-state index contributed by atoms with van der Waals surface area (Å²) < 4.78 is 10.9. The molecule has 6 nitrogen and oxygen atoms in total. The number of hydrogen-bond acceptors (Lipinski definition) is 5. The predicted molar refractivity (Wildman–Crippen MR) is 76.3 cm³/mol. The molecule has 0 spiro atoms. The van der Waals surface area contributed by atoms with Crippen molar-refractivity contribution in [3.8, 4) is 5.75 Å². The summed E-state index contributed by atoms with van der Waals surface area (Å²) in [5.74, 6) is 0.518. The van der Waals surface area contributed by atoms with E-state index in [1.807, 2.05) is 13.8 Å². The van der Waals surface area contributed by atoms with Crippen LogP contribution in [0.15, 0.2) is 18.2 Å². The fraction of sp³-hybridized carbons (Fsp3) is 0.571. The Morgan fingerprint density at radius 2 is 2.30 bits per heavy atom. The standard InChI is InChI=1S/C14H20N2O4/c1-3-19-14-8-12(7-13(9-14)16(17)18)15-11-4-5-20-10(2)6-11/h7-11,15H,3-6H2,1-2H3. The highest BCUT2D eigenvalue weighted by Gasteiger charge is 2.20. The van der Waals surface area contributed by atoms with E-state index in [2.05, 4.69) is 5.32 Å². The highest BCUT2D eigenvalue weighted by Crippen LogP contribution is 2.28. The molecule has 20 heavy (non-hydrogen) atoms. The minimum absolute atomic E-state index is 0.0403. The Balaban J connectivity index is 2.14. The molecular weight excluding hydrogens is 260 g/mol. The van der Waals surface area contributed by atoms with Gasteiger partial charge in [-0.05, 0) is 26.7 Å². The van der Waals surface area contributed by atoms with Crippen molar-refractivity contribution in [2.45, 2.75) is 38.8 Å². The Morgan fingerprint density at radius 1 is 1.50 bits per heavy atom. The quantitative estimate of drug-likeness (QED) is 0.663. The number of rotatable bonds is 5. The van der Waals surface area contributed by atoms with Crippen molar-refractivity contribution in [3.05, 3.63) is 28.3 Å². The number of ether oxygens (including phenoxy) is 2. The van der Waals surface area contributed by atoms with Crippen LogP contribution < -0.4 is 10.1 Å². The second-order valence-electron chi connectivity index (χ2n) is 4.95. The molecule has 2 rings (SSSR count). The van der Waals surface area contributed by atoms with Crippen LogP contribution in [0.5, 0.6) is 5.75 Å². The van der Waals surface area contributed by atoms with Crippen molar-refractivity contribution in [2.24, 2.45) is 0 Å². The van der Waals surface area contributed by atoms with Crippen molar-refractivity contribution >= 4 is 11.4 Å². The SMILES string of the molecule is CCOc1cc(NC2CCOC(C)C2)cc([N+](=O)[O-])c1. The van der Waals surface area contributed by atoms with Gasteiger partial charge >= 0.3 is 0 Å². The molecule has 1 N–H and O–H groups in total. The number of benzene rings is 1. The van der Waals surface area contributed by atoms with Gasteiger partial charge in [0.25, 0.3) is 5.69 Å². The van der Waals surface area contributed by atoms with Gasteiger partial charge in [0.2, 0.25) is 0 Å². The normalized spacial score (nSPS) is 22.3. The Labute approximate surface area is 118 Å². The summed E-state index contributed by atoms with van der Waals surface area (Å²) in [5, 5.41) is 14.3. The average molecular weight is 280 g/mol. The molecule has 0 saturated carbocycles. The second-order valence-corrected chi connectivity index (χ2v) is 4.95. The van der Waals surface area contributed by atoms with Crippen molar-refractivity contribution < 1.29 is 14.4 Å². The molecule has 0 radical (unpaired) electrons. The van der Waals surface area contributed by atoms with E-state index < -0.39 is 4.92 Å². The maximum absolute atomic E-state index is 11.0. The smallest absolute Gasteiger partial charge is 0.275 e. The number of nitro benzene ring substituents is 1. The van der Waals surface area contributed by atoms with Gasteiger partial charge in [0, 0.05) is 30.5 Å². The number of nitrogens with one attached hydrogen (secondary N) is 1. The van der Waals surface area contributed by atoms with Crippen LogP contribution in [0.4, 0.5) is 11.4 Å². The molecule has 1 saturated heterocycles. The molecule has 110 valence electrons. The molecule has 1 aromatic rings. The van der Waals surface area contributed by atoms with Crippen LogP contribution in [0, 0.1) is 10.1 Å². The van der Waals surface area contributed by atoms with Crippen LogP contribution in [-0.4, -0.2) is 30.3 Å². The topological polar surface area (TPSA) is 73.6 Å². The molecule has 0 amide bonds. The summed E-state index contributed by atoms with van der Waals surface area (Å²) in [7, 11) is 0. The average Bonchev–Trinajstić information content (AvgIpc) is 2.38. The number of anilines is 1. The Hall–Kier alpha value is -1.82. The first-order valence-electron chi connectivity index (χ1n) is 6.89. The highest BCUT2D eigenvalue weighted by molar-refractivity contribution is 5.56. The molecule has 6 heteroatoms. The lowest BCUT2D eigenvalue weighted by Crippen LogP contribution is -2.32. The minimum Gasteiger partial charge on any atom is -0.494 e. The number of non-ortho nitro benzene ring substituents is 1. The minimum atomic E-state index is -0.402.